The standard InChI is InChI=1S/C7H11O2.Al/c1-5-4-6(8)9-7(5,2)3;/h6,8H,1-3H3;. The van der Waals surface area contributed by atoms with Crippen molar-refractivity contribution in [2.24, 2.45) is 0 Å². The van der Waals surface area contributed by atoms with Gasteiger partial charge in [-0.15, -0.1) is 4.44 Å². The molecule has 10 heavy (non-hydrogen) atoms. The molecule has 0 aromatic carbocycles. The van der Waals surface area contributed by atoms with E-state index in [2.05, 4.69) is 16.3 Å². The second kappa shape index (κ2) is 2.35. The Morgan fingerprint density at radius 3 is 2.20 bits per heavy atom. The molecule has 1 atom stereocenters. The zero-order valence-corrected chi connectivity index (χ0v) is 7.66. The molecule has 0 saturated heterocycles. The third-order valence-electron chi connectivity index (χ3n) is 2.01. The highest BCUT2D eigenvalue weighted by Crippen LogP contribution is 2.32. The molecule has 1 aliphatic rings. The smallest absolute Gasteiger partial charge is 0.176 e. The van der Waals surface area contributed by atoms with Crippen LogP contribution in [-0.4, -0.2) is 33.3 Å². The third-order valence-corrected chi connectivity index (χ3v) is 2.73. The first kappa shape index (κ1) is 8.29. The van der Waals surface area contributed by atoms with Crippen LogP contribution in [0.5, 0.6) is 0 Å². The van der Waals surface area contributed by atoms with E-state index in [-0.39, 0.29) is 5.60 Å². The minimum absolute atomic E-state index is 0.295. The summed E-state index contributed by atoms with van der Waals surface area (Å²) in [7, 11) is 0. The van der Waals surface area contributed by atoms with Gasteiger partial charge in [0.15, 0.2) is 22.6 Å². The second-order valence-electron chi connectivity index (χ2n) is 3.06. The minimum Gasteiger partial charge on any atom is -0.366 e. The highest BCUT2D eigenvalue weighted by molar-refractivity contribution is 6.22. The Balaban J connectivity index is 2.95. The molecule has 0 amide bonds. The minimum atomic E-state index is -0.722. The first-order valence-electron chi connectivity index (χ1n) is 3.28. The molecular weight excluding hydrogens is 143 g/mol. The van der Waals surface area contributed by atoms with E-state index in [1.54, 1.807) is 0 Å². The molecule has 1 rings (SSSR count). The van der Waals surface area contributed by atoms with Gasteiger partial charge in [0.1, 0.15) is 0 Å². The fraction of sp³-hybridized carbons (Fsp3) is 0.714. The molecule has 2 radical (unpaired) electrons. The van der Waals surface area contributed by atoms with Gasteiger partial charge in [-0.1, -0.05) is 5.57 Å². The zero-order valence-electron chi connectivity index (χ0n) is 6.51. The van der Waals surface area contributed by atoms with Gasteiger partial charge in [0, 0.05) is 0 Å². The van der Waals surface area contributed by atoms with Gasteiger partial charge in [-0.2, -0.15) is 0 Å². The Hall–Kier alpha value is 0.192. The number of aliphatic hydroxyl groups excluding tert-OH is 1. The average molecular weight is 154 g/mol. The quantitative estimate of drug-likeness (QED) is 0.516. The predicted octanol–water partition coefficient (Wildman–Crippen LogP) is 0.556. The van der Waals surface area contributed by atoms with Crippen molar-refractivity contribution in [1.82, 2.24) is 0 Å². The van der Waals surface area contributed by atoms with Crippen LogP contribution in [0.15, 0.2) is 10.0 Å². The van der Waals surface area contributed by atoms with E-state index < -0.39 is 6.29 Å². The summed E-state index contributed by atoms with van der Waals surface area (Å²) in [6.45, 7) is 5.86. The molecule has 0 aliphatic carbocycles. The molecule has 0 saturated carbocycles. The van der Waals surface area contributed by atoms with Gasteiger partial charge >= 0.3 is 0 Å². The molecule has 0 spiro atoms. The number of rotatable bonds is 0. The van der Waals surface area contributed by atoms with Gasteiger partial charge in [-0.25, -0.2) is 0 Å². The molecule has 0 aromatic rings. The lowest BCUT2D eigenvalue weighted by Gasteiger charge is -2.20. The molecule has 0 aromatic heterocycles. The maximum Gasteiger partial charge on any atom is 0.176 e. The molecule has 54 valence electrons. The van der Waals surface area contributed by atoms with Gasteiger partial charge in [-0.05, 0) is 20.8 Å². The lowest BCUT2D eigenvalue weighted by Crippen LogP contribution is -2.23. The monoisotopic (exact) mass is 154 g/mol. The van der Waals surface area contributed by atoms with Crippen LogP contribution in [-0.2, 0) is 4.74 Å². The molecule has 1 unspecified atom stereocenters. The second-order valence-corrected chi connectivity index (χ2v) is 3.68. The molecule has 2 nitrogen and oxygen atoms in total. The van der Waals surface area contributed by atoms with Gasteiger partial charge in [0.05, 0.1) is 5.60 Å². The fourth-order valence-corrected chi connectivity index (χ4v) is 1.38. The maximum atomic E-state index is 9.20. The Morgan fingerprint density at radius 2 is 2.10 bits per heavy atom. The van der Waals surface area contributed by atoms with Crippen molar-refractivity contribution in [3.05, 3.63) is 10.0 Å². The van der Waals surface area contributed by atoms with Crippen LogP contribution in [0.4, 0.5) is 0 Å². The van der Waals surface area contributed by atoms with Crippen LogP contribution < -0.4 is 0 Å². The van der Waals surface area contributed by atoms with E-state index >= 15 is 0 Å². The third kappa shape index (κ3) is 1.15. The van der Waals surface area contributed by atoms with E-state index in [0.717, 1.165) is 10.0 Å². The molecule has 1 heterocycles. The Kier molecular flexibility index (Phi) is 1.95. The molecule has 0 bridgehead atoms. The summed E-state index contributed by atoms with van der Waals surface area (Å²) in [4.78, 5) is 0. The Bertz CT molecular complexity index is 184. The average Bonchev–Trinajstić information content (AvgIpc) is 1.95. The van der Waals surface area contributed by atoms with Gasteiger partial charge in [-0.3, -0.25) is 0 Å². The van der Waals surface area contributed by atoms with Crippen molar-refractivity contribution >= 4 is 16.3 Å². The van der Waals surface area contributed by atoms with Crippen LogP contribution >= 0.6 is 0 Å². The molecular formula is C7H11AlO2. The Labute approximate surface area is 69.3 Å². The first-order valence-corrected chi connectivity index (χ1v) is 3.85. The van der Waals surface area contributed by atoms with Crippen molar-refractivity contribution in [2.75, 3.05) is 0 Å². The van der Waals surface area contributed by atoms with E-state index in [1.807, 2.05) is 20.8 Å². The number of aliphatic hydroxyl groups is 1. The van der Waals surface area contributed by atoms with Crippen molar-refractivity contribution < 1.29 is 9.84 Å². The SMILES string of the molecule is CC1=[C]([Al])C(O)OC1(C)C. The van der Waals surface area contributed by atoms with Crippen LogP contribution in [0.25, 0.3) is 0 Å². The predicted molar refractivity (Wildman–Crippen MR) is 39.6 cm³/mol. The maximum absolute atomic E-state index is 9.20. The summed E-state index contributed by atoms with van der Waals surface area (Å²) >= 11 is 2.50. The first-order chi connectivity index (χ1) is 4.45. The summed E-state index contributed by atoms with van der Waals surface area (Å²) in [6, 6.07) is 0. The van der Waals surface area contributed by atoms with Crippen molar-refractivity contribution in [3.63, 3.8) is 0 Å². The normalized spacial score (nSPS) is 31.4. The van der Waals surface area contributed by atoms with Crippen LogP contribution in [0.3, 0.4) is 0 Å². The molecule has 1 aliphatic heterocycles. The van der Waals surface area contributed by atoms with Gasteiger partial charge in [0.25, 0.3) is 0 Å². The summed E-state index contributed by atoms with van der Waals surface area (Å²) in [5.41, 5.74) is 0.807. The van der Waals surface area contributed by atoms with E-state index in [4.69, 9.17) is 4.74 Å². The van der Waals surface area contributed by atoms with E-state index in [9.17, 15) is 5.11 Å². The largest absolute Gasteiger partial charge is 0.366 e. The number of hydrogen-bond acceptors (Lipinski definition) is 2. The summed E-state index contributed by atoms with van der Waals surface area (Å²) in [5.74, 6) is 0. The fourth-order valence-electron chi connectivity index (χ4n) is 0.964. The highest BCUT2D eigenvalue weighted by Gasteiger charge is 2.33. The van der Waals surface area contributed by atoms with Crippen LogP contribution in [0.1, 0.15) is 20.8 Å². The lowest BCUT2D eigenvalue weighted by atomic mass is 10.0. The number of hydrogen-bond donors (Lipinski definition) is 1. The van der Waals surface area contributed by atoms with Crippen molar-refractivity contribution in [1.29, 1.82) is 0 Å². The van der Waals surface area contributed by atoms with Crippen molar-refractivity contribution in [2.45, 2.75) is 32.7 Å². The zero-order chi connectivity index (χ0) is 7.94. The summed E-state index contributed by atoms with van der Waals surface area (Å²) < 4.78 is 6.10. The van der Waals surface area contributed by atoms with Gasteiger partial charge < -0.3 is 9.84 Å². The van der Waals surface area contributed by atoms with Crippen LogP contribution in [0.2, 0.25) is 0 Å². The molecule has 1 N–H and O–H groups in total. The summed E-state index contributed by atoms with van der Waals surface area (Å²) in [6.07, 6.45) is -0.722. The molecule has 0 fully saturated rings. The topological polar surface area (TPSA) is 29.5 Å². The lowest BCUT2D eigenvalue weighted by molar-refractivity contribution is -0.112. The Morgan fingerprint density at radius 1 is 1.60 bits per heavy atom. The van der Waals surface area contributed by atoms with Crippen LogP contribution in [0, 0.1) is 0 Å². The van der Waals surface area contributed by atoms with E-state index in [1.165, 1.54) is 0 Å². The highest BCUT2D eigenvalue weighted by atomic mass is 27.0. The number of ether oxygens (including phenoxy) is 1. The summed E-state index contributed by atoms with van der Waals surface area (Å²) in [5, 5.41) is 9.20. The van der Waals surface area contributed by atoms with Crippen molar-refractivity contribution in [3.8, 4) is 0 Å². The van der Waals surface area contributed by atoms with E-state index in [0.29, 0.717) is 0 Å². The van der Waals surface area contributed by atoms with Gasteiger partial charge in [0.2, 0.25) is 0 Å². The molecule has 3 heteroatoms.